The molecule has 1 saturated heterocycles. The smallest absolute Gasteiger partial charge is 0.263 e. The molecule has 0 radical (unpaired) electrons. The number of para-hydroxylation sites is 1. The molecule has 3 aromatic rings. The summed E-state index contributed by atoms with van der Waals surface area (Å²) in [5, 5.41) is 0. The number of carbonyl (C=O) groups excluding carboxylic acids is 1. The lowest BCUT2D eigenvalue weighted by molar-refractivity contribution is -0.125. The van der Waals surface area contributed by atoms with Crippen LogP contribution in [-0.2, 0) is 11.3 Å². The third-order valence-electron chi connectivity index (χ3n) is 5.03. The summed E-state index contributed by atoms with van der Waals surface area (Å²) in [5.41, 5.74) is 1.78. The molecule has 1 atom stereocenters. The van der Waals surface area contributed by atoms with Gasteiger partial charge in [-0.2, -0.15) is 0 Å². The second kappa shape index (κ2) is 7.40. The first kappa shape index (κ1) is 17.5. The monoisotopic (exact) mass is 365 g/mol. The molecule has 1 fully saturated rings. The van der Waals surface area contributed by atoms with Crippen LogP contribution in [0, 0.1) is 6.92 Å². The van der Waals surface area contributed by atoms with Gasteiger partial charge in [-0.25, -0.2) is 4.98 Å². The fourth-order valence-corrected chi connectivity index (χ4v) is 3.56. The summed E-state index contributed by atoms with van der Waals surface area (Å²) >= 11 is 0. The molecule has 27 heavy (non-hydrogen) atoms. The van der Waals surface area contributed by atoms with Gasteiger partial charge in [-0.05, 0) is 51.1 Å². The first-order valence-corrected chi connectivity index (χ1v) is 9.20. The second-order valence-electron chi connectivity index (χ2n) is 6.90. The van der Waals surface area contributed by atoms with E-state index < -0.39 is 0 Å². The molecule has 2 aromatic heterocycles. The van der Waals surface area contributed by atoms with E-state index in [9.17, 15) is 4.79 Å². The lowest BCUT2D eigenvalue weighted by Crippen LogP contribution is -2.51. The van der Waals surface area contributed by atoms with Crippen molar-refractivity contribution in [3.63, 3.8) is 0 Å². The molecule has 4 rings (SSSR count). The van der Waals surface area contributed by atoms with Crippen molar-refractivity contribution in [2.24, 2.45) is 0 Å². The highest BCUT2D eigenvalue weighted by Gasteiger charge is 2.33. The van der Waals surface area contributed by atoms with E-state index in [1.54, 1.807) is 12.3 Å². The maximum Gasteiger partial charge on any atom is 0.263 e. The van der Waals surface area contributed by atoms with Gasteiger partial charge in [0.15, 0.2) is 5.76 Å². The zero-order valence-electron chi connectivity index (χ0n) is 15.6. The fourth-order valence-electron chi connectivity index (χ4n) is 3.56. The van der Waals surface area contributed by atoms with E-state index in [2.05, 4.69) is 9.88 Å². The minimum atomic E-state index is -0.165. The van der Waals surface area contributed by atoms with E-state index in [4.69, 9.17) is 8.83 Å². The SMILES string of the molecule is Cc1oc(-c2ccco2)nc1CN(C)C1CCCN(c2ccccc2)C1=O. The number of hydrogen-bond acceptors (Lipinski definition) is 5. The third kappa shape index (κ3) is 3.53. The minimum absolute atomic E-state index is 0.141. The summed E-state index contributed by atoms with van der Waals surface area (Å²) in [6.45, 7) is 3.20. The maximum absolute atomic E-state index is 13.1. The van der Waals surface area contributed by atoms with Crippen molar-refractivity contribution in [1.82, 2.24) is 9.88 Å². The van der Waals surface area contributed by atoms with E-state index >= 15 is 0 Å². The Hall–Kier alpha value is -2.86. The van der Waals surface area contributed by atoms with E-state index in [1.807, 2.05) is 55.3 Å². The molecule has 140 valence electrons. The molecule has 3 heterocycles. The van der Waals surface area contributed by atoms with E-state index in [0.29, 0.717) is 18.2 Å². The van der Waals surface area contributed by atoms with E-state index in [0.717, 1.165) is 36.5 Å². The Morgan fingerprint density at radius 3 is 2.78 bits per heavy atom. The first-order valence-electron chi connectivity index (χ1n) is 9.20. The normalized spacial score (nSPS) is 17.7. The van der Waals surface area contributed by atoms with Gasteiger partial charge in [-0.1, -0.05) is 18.2 Å². The Balaban J connectivity index is 1.49. The molecule has 1 aliphatic heterocycles. The molecular weight excluding hydrogens is 342 g/mol. The van der Waals surface area contributed by atoms with Crippen LogP contribution in [0.1, 0.15) is 24.3 Å². The highest BCUT2D eigenvalue weighted by atomic mass is 16.4. The molecule has 1 unspecified atom stereocenters. The Morgan fingerprint density at radius 2 is 2.04 bits per heavy atom. The van der Waals surface area contributed by atoms with Gasteiger partial charge in [0.05, 0.1) is 18.0 Å². The van der Waals surface area contributed by atoms with Crippen LogP contribution in [0.2, 0.25) is 0 Å². The van der Waals surface area contributed by atoms with Gasteiger partial charge in [0.1, 0.15) is 5.76 Å². The average molecular weight is 365 g/mol. The molecule has 1 aromatic carbocycles. The molecule has 1 amide bonds. The summed E-state index contributed by atoms with van der Waals surface area (Å²) in [5.74, 6) is 1.97. The second-order valence-corrected chi connectivity index (χ2v) is 6.90. The third-order valence-corrected chi connectivity index (χ3v) is 5.03. The minimum Gasteiger partial charge on any atom is -0.459 e. The molecular formula is C21H23N3O3. The number of amides is 1. The number of carbonyl (C=O) groups is 1. The molecule has 0 saturated carbocycles. The van der Waals surface area contributed by atoms with Crippen molar-refractivity contribution in [3.05, 3.63) is 60.2 Å². The number of rotatable bonds is 5. The van der Waals surface area contributed by atoms with Gasteiger partial charge in [-0.3, -0.25) is 9.69 Å². The first-order chi connectivity index (χ1) is 13.1. The van der Waals surface area contributed by atoms with Gasteiger partial charge < -0.3 is 13.7 Å². The predicted octanol–water partition coefficient (Wildman–Crippen LogP) is 3.87. The number of oxazole rings is 1. The van der Waals surface area contributed by atoms with Crippen LogP contribution >= 0.6 is 0 Å². The zero-order chi connectivity index (χ0) is 18.8. The molecule has 0 N–H and O–H groups in total. The molecule has 6 heteroatoms. The summed E-state index contributed by atoms with van der Waals surface area (Å²) < 4.78 is 11.1. The van der Waals surface area contributed by atoms with E-state index in [-0.39, 0.29) is 11.9 Å². The van der Waals surface area contributed by atoms with Crippen LogP contribution in [0.5, 0.6) is 0 Å². The van der Waals surface area contributed by atoms with E-state index in [1.165, 1.54) is 0 Å². The summed E-state index contributed by atoms with van der Waals surface area (Å²) in [4.78, 5) is 21.6. The van der Waals surface area contributed by atoms with Gasteiger partial charge >= 0.3 is 0 Å². The topological polar surface area (TPSA) is 62.7 Å². The van der Waals surface area contributed by atoms with Gasteiger partial charge in [-0.15, -0.1) is 0 Å². The van der Waals surface area contributed by atoms with Crippen molar-refractivity contribution in [2.45, 2.75) is 32.4 Å². The van der Waals surface area contributed by atoms with Crippen LogP contribution in [0.15, 0.2) is 57.6 Å². The Bertz CT molecular complexity index is 902. The lowest BCUT2D eigenvalue weighted by atomic mass is 10.0. The number of furan rings is 1. The van der Waals surface area contributed by atoms with Crippen molar-refractivity contribution < 1.29 is 13.6 Å². The Labute approximate surface area is 158 Å². The number of piperidine rings is 1. The number of aromatic nitrogens is 1. The van der Waals surface area contributed by atoms with Crippen molar-refractivity contribution in [1.29, 1.82) is 0 Å². The molecule has 0 spiro atoms. The van der Waals surface area contributed by atoms with Crippen LogP contribution in [-0.4, -0.2) is 35.4 Å². The average Bonchev–Trinajstić information content (AvgIpc) is 3.33. The van der Waals surface area contributed by atoms with Crippen LogP contribution in [0.25, 0.3) is 11.7 Å². The number of benzene rings is 1. The zero-order valence-corrected chi connectivity index (χ0v) is 15.6. The largest absolute Gasteiger partial charge is 0.459 e. The van der Waals surface area contributed by atoms with Gasteiger partial charge in [0.2, 0.25) is 5.91 Å². The van der Waals surface area contributed by atoms with Crippen LogP contribution in [0.4, 0.5) is 5.69 Å². The predicted molar refractivity (Wildman–Crippen MR) is 102 cm³/mol. The highest BCUT2D eigenvalue weighted by Crippen LogP contribution is 2.26. The molecule has 1 aliphatic rings. The summed E-state index contributed by atoms with van der Waals surface area (Å²) in [6, 6.07) is 13.3. The number of aryl methyl sites for hydroxylation is 1. The molecule has 6 nitrogen and oxygen atoms in total. The number of hydrogen-bond donors (Lipinski definition) is 0. The van der Waals surface area contributed by atoms with Crippen molar-refractivity contribution in [2.75, 3.05) is 18.5 Å². The lowest BCUT2D eigenvalue weighted by Gasteiger charge is -2.36. The van der Waals surface area contributed by atoms with Gasteiger partial charge in [0.25, 0.3) is 5.89 Å². The number of nitrogens with zero attached hydrogens (tertiary/aromatic N) is 3. The van der Waals surface area contributed by atoms with Crippen LogP contribution < -0.4 is 4.90 Å². The quantitative estimate of drug-likeness (QED) is 0.687. The van der Waals surface area contributed by atoms with Crippen LogP contribution in [0.3, 0.4) is 0 Å². The Morgan fingerprint density at radius 1 is 1.22 bits per heavy atom. The molecule has 0 aliphatic carbocycles. The molecule has 0 bridgehead atoms. The van der Waals surface area contributed by atoms with Crippen molar-refractivity contribution >= 4 is 11.6 Å². The standard InChI is InChI=1S/C21H23N3O3/c1-15-17(22-20(27-15)19-11-7-13-26-19)14-23(2)18-10-6-12-24(21(18)25)16-8-4-3-5-9-16/h3-5,7-9,11,13,18H,6,10,12,14H2,1-2H3. The highest BCUT2D eigenvalue weighted by molar-refractivity contribution is 5.97. The summed E-state index contributed by atoms with van der Waals surface area (Å²) in [7, 11) is 1.97. The fraction of sp³-hybridized carbons (Fsp3) is 0.333. The number of likely N-dealkylation sites (N-methyl/N-ethyl adjacent to an activating group) is 1. The number of anilines is 1. The van der Waals surface area contributed by atoms with Crippen molar-refractivity contribution in [3.8, 4) is 11.7 Å². The maximum atomic E-state index is 13.1. The van der Waals surface area contributed by atoms with Gasteiger partial charge in [0, 0.05) is 18.8 Å². The summed E-state index contributed by atoms with van der Waals surface area (Å²) in [6.07, 6.45) is 3.42. The Kier molecular flexibility index (Phi) is 4.81.